The van der Waals surface area contributed by atoms with Crippen molar-refractivity contribution in [2.75, 3.05) is 17.7 Å². The first-order valence-electron chi connectivity index (χ1n) is 6.95. The highest BCUT2D eigenvalue weighted by molar-refractivity contribution is 5.49. The third kappa shape index (κ3) is 3.82. The van der Waals surface area contributed by atoms with E-state index in [4.69, 9.17) is 0 Å². The van der Waals surface area contributed by atoms with E-state index in [9.17, 15) is 5.11 Å². The second-order valence-corrected chi connectivity index (χ2v) is 7.27. The molecule has 0 saturated carbocycles. The van der Waals surface area contributed by atoms with Crippen LogP contribution in [0.1, 0.15) is 54.3 Å². The molecular weight excluding hydrogens is 252 g/mol. The summed E-state index contributed by atoms with van der Waals surface area (Å²) in [5, 5.41) is 16.6. The first-order chi connectivity index (χ1) is 8.87. The molecule has 1 heterocycles. The van der Waals surface area contributed by atoms with Gasteiger partial charge in [0.1, 0.15) is 17.5 Å². The largest absolute Gasteiger partial charge is 0.388 e. The Morgan fingerprint density at radius 3 is 1.85 bits per heavy atom. The molecular formula is C15H28N4O. The molecule has 0 atom stereocenters. The molecule has 0 aliphatic heterocycles. The lowest BCUT2D eigenvalue weighted by Gasteiger charge is -2.38. The van der Waals surface area contributed by atoms with Crippen LogP contribution in [-0.4, -0.2) is 33.3 Å². The second kappa shape index (κ2) is 5.20. The van der Waals surface area contributed by atoms with E-state index in [1.807, 2.05) is 27.0 Å². The van der Waals surface area contributed by atoms with E-state index in [1.54, 1.807) is 13.8 Å². The Kier molecular flexibility index (Phi) is 4.34. The van der Waals surface area contributed by atoms with Crippen molar-refractivity contribution in [2.24, 2.45) is 0 Å². The smallest absolute Gasteiger partial charge is 0.138 e. The summed E-state index contributed by atoms with van der Waals surface area (Å²) in [5.41, 5.74) is -1.52. The van der Waals surface area contributed by atoms with E-state index < -0.39 is 11.1 Å². The quantitative estimate of drug-likeness (QED) is 0.791. The number of aromatic nitrogens is 2. The summed E-state index contributed by atoms with van der Waals surface area (Å²) >= 11 is 0. The highest BCUT2D eigenvalue weighted by atomic mass is 16.3. The van der Waals surface area contributed by atoms with Crippen molar-refractivity contribution < 1.29 is 5.11 Å². The van der Waals surface area contributed by atoms with E-state index in [2.05, 4.69) is 41.4 Å². The molecule has 0 radical (unpaired) electrons. The van der Waals surface area contributed by atoms with E-state index in [0.717, 1.165) is 11.6 Å². The molecule has 0 aromatic carbocycles. The highest BCUT2D eigenvalue weighted by Gasteiger charge is 2.35. The molecule has 20 heavy (non-hydrogen) atoms. The van der Waals surface area contributed by atoms with Crippen LogP contribution in [0.2, 0.25) is 0 Å². The van der Waals surface area contributed by atoms with Gasteiger partial charge in [-0.2, -0.15) is 0 Å². The zero-order chi connectivity index (χ0) is 15.8. The Morgan fingerprint density at radius 2 is 1.45 bits per heavy atom. The van der Waals surface area contributed by atoms with Gasteiger partial charge in [0.05, 0.1) is 11.1 Å². The minimum atomic E-state index is -0.875. The van der Waals surface area contributed by atoms with E-state index in [-0.39, 0.29) is 5.41 Å². The Morgan fingerprint density at radius 1 is 0.950 bits per heavy atom. The molecule has 0 fully saturated rings. The summed E-state index contributed by atoms with van der Waals surface area (Å²) in [6.07, 6.45) is 0. The minimum absolute atomic E-state index is 0.137. The summed E-state index contributed by atoms with van der Waals surface area (Å²) in [4.78, 5) is 9.07. The molecule has 5 nitrogen and oxygen atoms in total. The summed E-state index contributed by atoms with van der Waals surface area (Å²) in [7, 11) is 1.83. The zero-order valence-corrected chi connectivity index (χ0v) is 13.9. The zero-order valence-electron chi connectivity index (χ0n) is 13.9. The van der Waals surface area contributed by atoms with Crippen molar-refractivity contribution in [2.45, 2.75) is 65.0 Å². The lowest BCUT2D eigenvalue weighted by molar-refractivity contribution is 0.0238. The van der Waals surface area contributed by atoms with Crippen molar-refractivity contribution in [1.29, 1.82) is 0 Å². The van der Waals surface area contributed by atoms with Gasteiger partial charge in [-0.3, -0.25) is 0 Å². The molecule has 5 heteroatoms. The minimum Gasteiger partial charge on any atom is -0.388 e. The second-order valence-electron chi connectivity index (χ2n) is 7.27. The van der Waals surface area contributed by atoms with Crippen LogP contribution in [0.3, 0.4) is 0 Å². The molecule has 1 aromatic heterocycles. The maximum absolute atomic E-state index is 10.2. The maximum atomic E-state index is 10.2. The van der Waals surface area contributed by atoms with Crippen LogP contribution in [-0.2, 0) is 5.41 Å². The molecule has 0 spiro atoms. The lowest BCUT2D eigenvalue weighted by Crippen LogP contribution is -2.51. The van der Waals surface area contributed by atoms with Gasteiger partial charge in [0.25, 0.3) is 0 Å². The average molecular weight is 280 g/mol. The van der Waals surface area contributed by atoms with Gasteiger partial charge >= 0.3 is 0 Å². The summed E-state index contributed by atoms with van der Waals surface area (Å²) in [6.45, 7) is 13.7. The van der Waals surface area contributed by atoms with Crippen LogP contribution < -0.4 is 10.6 Å². The van der Waals surface area contributed by atoms with Crippen LogP contribution in [0.25, 0.3) is 0 Å². The molecule has 114 valence electrons. The first kappa shape index (κ1) is 16.7. The number of aliphatic hydroxyl groups is 1. The van der Waals surface area contributed by atoms with E-state index in [1.165, 1.54) is 0 Å². The first-order valence-corrected chi connectivity index (χ1v) is 6.95. The molecule has 0 bridgehead atoms. The Bertz CT molecular complexity index is 470. The van der Waals surface area contributed by atoms with Crippen LogP contribution >= 0.6 is 0 Å². The molecule has 0 aliphatic rings. The average Bonchev–Trinajstić information content (AvgIpc) is 2.25. The van der Waals surface area contributed by atoms with Crippen LogP contribution in [0.4, 0.5) is 11.6 Å². The van der Waals surface area contributed by atoms with Crippen LogP contribution in [0, 0.1) is 0 Å². The van der Waals surface area contributed by atoms with E-state index in [0.29, 0.717) is 5.82 Å². The fraction of sp³-hybridized carbons (Fsp3) is 0.733. The van der Waals surface area contributed by atoms with Crippen LogP contribution in [0.15, 0.2) is 6.07 Å². The fourth-order valence-electron chi connectivity index (χ4n) is 1.45. The number of nitrogens with zero attached hydrogens (tertiary/aromatic N) is 2. The Hall–Kier alpha value is -1.36. The van der Waals surface area contributed by atoms with Crippen molar-refractivity contribution in [1.82, 2.24) is 9.97 Å². The van der Waals surface area contributed by atoms with Crippen molar-refractivity contribution >= 4 is 11.6 Å². The summed E-state index contributed by atoms with van der Waals surface area (Å²) in [6, 6.07) is 1.85. The standard InChI is InChI=1S/C15H28N4O/c1-13(2,3)12-17-10(16-8)9-11(18-12)19-14(4,5)15(6,7)20/h9,20H,1-8H3,(H2,16,17,18,19). The highest BCUT2D eigenvalue weighted by Crippen LogP contribution is 2.28. The van der Waals surface area contributed by atoms with Gasteiger partial charge in [0.15, 0.2) is 0 Å². The van der Waals surface area contributed by atoms with Gasteiger partial charge in [-0.15, -0.1) is 0 Å². The van der Waals surface area contributed by atoms with Gasteiger partial charge in [-0.1, -0.05) is 20.8 Å². The van der Waals surface area contributed by atoms with Crippen molar-refractivity contribution in [3.8, 4) is 0 Å². The third-order valence-electron chi connectivity index (χ3n) is 3.62. The third-order valence-corrected chi connectivity index (χ3v) is 3.62. The Balaban J connectivity index is 3.20. The van der Waals surface area contributed by atoms with Gasteiger partial charge in [0, 0.05) is 18.5 Å². The molecule has 0 amide bonds. The number of anilines is 2. The molecule has 1 aromatic rings. The monoisotopic (exact) mass is 280 g/mol. The molecule has 0 saturated heterocycles. The molecule has 0 aliphatic carbocycles. The number of rotatable bonds is 4. The van der Waals surface area contributed by atoms with E-state index >= 15 is 0 Å². The molecule has 3 N–H and O–H groups in total. The number of hydrogen-bond acceptors (Lipinski definition) is 5. The normalized spacial score (nSPS) is 13.2. The number of hydrogen-bond donors (Lipinski definition) is 3. The van der Waals surface area contributed by atoms with Crippen molar-refractivity contribution in [3.63, 3.8) is 0 Å². The topological polar surface area (TPSA) is 70.1 Å². The number of nitrogens with one attached hydrogen (secondary N) is 2. The predicted octanol–water partition coefficient (Wildman–Crippen LogP) is 2.78. The van der Waals surface area contributed by atoms with Gasteiger partial charge in [0.2, 0.25) is 0 Å². The predicted molar refractivity (Wildman–Crippen MR) is 84.3 cm³/mol. The fourth-order valence-corrected chi connectivity index (χ4v) is 1.45. The summed E-state index contributed by atoms with van der Waals surface area (Å²) in [5.74, 6) is 2.23. The molecule has 1 rings (SSSR count). The van der Waals surface area contributed by atoms with Crippen molar-refractivity contribution in [3.05, 3.63) is 11.9 Å². The maximum Gasteiger partial charge on any atom is 0.138 e. The lowest BCUT2D eigenvalue weighted by atomic mass is 9.86. The molecule has 0 unspecified atom stereocenters. The Labute approximate surface area is 122 Å². The van der Waals surface area contributed by atoms with Crippen LogP contribution in [0.5, 0.6) is 0 Å². The summed E-state index contributed by atoms with van der Waals surface area (Å²) < 4.78 is 0. The van der Waals surface area contributed by atoms with Gasteiger partial charge in [-0.05, 0) is 27.7 Å². The van der Waals surface area contributed by atoms with Gasteiger partial charge < -0.3 is 15.7 Å². The van der Waals surface area contributed by atoms with Gasteiger partial charge in [-0.25, -0.2) is 9.97 Å². The SMILES string of the molecule is CNc1cc(NC(C)(C)C(C)(C)O)nc(C(C)(C)C)n1.